The van der Waals surface area contributed by atoms with Crippen LogP contribution in [0.1, 0.15) is 15.9 Å². The number of rotatable bonds is 5. The Balaban J connectivity index is 1.62. The lowest BCUT2D eigenvalue weighted by Gasteiger charge is -2.13. The highest BCUT2D eigenvalue weighted by molar-refractivity contribution is 8.18. The fraction of sp³-hybridized carbons (Fsp3) is 0.105. The molecule has 0 radical (unpaired) electrons. The molecule has 9 heteroatoms. The van der Waals surface area contributed by atoms with Crippen LogP contribution in [0, 0.1) is 17.5 Å². The number of imide groups is 1. The average Bonchev–Trinajstić information content (AvgIpc) is 2.91. The van der Waals surface area contributed by atoms with Crippen molar-refractivity contribution in [3.63, 3.8) is 0 Å². The van der Waals surface area contributed by atoms with Gasteiger partial charge in [0.2, 0.25) is 0 Å². The van der Waals surface area contributed by atoms with E-state index in [0.717, 1.165) is 17.0 Å². The van der Waals surface area contributed by atoms with Crippen molar-refractivity contribution in [2.24, 2.45) is 0 Å². The lowest BCUT2D eigenvalue weighted by Crippen LogP contribution is -2.37. The van der Waals surface area contributed by atoms with E-state index in [1.54, 1.807) is 6.07 Å². The summed E-state index contributed by atoms with van der Waals surface area (Å²) in [6.07, 6.45) is 1.28. The van der Waals surface area contributed by atoms with Crippen LogP contribution in [0.3, 0.4) is 0 Å². The first kappa shape index (κ1) is 19.7. The molecule has 28 heavy (non-hydrogen) atoms. The molecule has 3 rings (SSSR count). The summed E-state index contributed by atoms with van der Waals surface area (Å²) in [6.45, 7) is -0.269. The van der Waals surface area contributed by atoms with Gasteiger partial charge in [0.1, 0.15) is 17.5 Å². The van der Waals surface area contributed by atoms with Crippen molar-refractivity contribution in [2.45, 2.75) is 0 Å². The monoisotopic (exact) mass is 406 g/mol. The van der Waals surface area contributed by atoms with E-state index in [1.807, 2.05) is 0 Å². The number of hydrogen-bond acceptors (Lipinski definition) is 4. The molecule has 1 fully saturated rings. The van der Waals surface area contributed by atoms with Gasteiger partial charge in [0, 0.05) is 24.7 Å². The fourth-order valence-electron chi connectivity index (χ4n) is 2.48. The van der Waals surface area contributed by atoms with Crippen LogP contribution in [0.2, 0.25) is 0 Å². The van der Waals surface area contributed by atoms with Crippen molar-refractivity contribution in [2.75, 3.05) is 13.1 Å². The molecule has 5 nitrogen and oxygen atoms in total. The summed E-state index contributed by atoms with van der Waals surface area (Å²) in [5.41, 5.74) is -0.178. The zero-order chi connectivity index (χ0) is 20.3. The van der Waals surface area contributed by atoms with Gasteiger partial charge in [0.25, 0.3) is 17.1 Å². The Morgan fingerprint density at radius 3 is 2.54 bits per heavy atom. The van der Waals surface area contributed by atoms with E-state index in [-0.39, 0.29) is 29.1 Å². The van der Waals surface area contributed by atoms with Gasteiger partial charge in [-0.25, -0.2) is 13.2 Å². The van der Waals surface area contributed by atoms with E-state index in [9.17, 15) is 27.6 Å². The normalized spacial score (nSPS) is 15.4. The molecule has 0 aromatic heterocycles. The van der Waals surface area contributed by atoms with Crippen LogP contribution in [-0.2, 0) is 4.79 Å². The molecule has 0 aliphatic carbocycles. The Bertz CT molecular complexity index is 994. The molecule has 1 aliphatic heterocycles. The van der Waals surface area contributed by atoms with Crippen LogP contribution >= 0.6 is 11.8 Å². The van der Waals surface area contributed by atoms with Gasteiger partial charge < -0.3 is 5.32 Å². The van der Waals surface area contributed by atoms with Gasteiger partial charge in [-0.1, -0.05) is 18.2 Å². The molecule has 0 atom stereocenters. The van der Waals surface area contributed by atoms with Crippen molar-refractivity contribution < 1.29 is 27.6 Å². The summed E-state index contributed by atoms with van der Waals surface area (Å²) < 4.78 is 40.2. The zero-order valence-electron chi connectivity index (χ0n) is 14.2. The SMILES string of the molecule is O=C(NCCN1C(=O)S/C(=C/c2ccccc2F)C1=O)c1ccc(F)cc1F. The number of halogens is 3. The second-order valence-electron chi connectivity index (χ2n) is 5.73. The summed E-state index contributed by atoms with van der Waals surface area (Å²) in [4.78, 5) is 37.3. The Labute approximate surface area is 162 Å². The van der Waals surface area contributed by atoms with Crippen LogP contribution in [-0.4, -0.2) is 35.0 Å². The zero-order valence-corrected chi connectivity index (χ0v) is 15.1. The van der Waals surface area contributed by atoms with E-state index in [0.29, 0.717) is 17.8 Å². The van der Waals surface area contributed by atoms with E-state index in [4.69, 9.17) is 0 Å². The summed E-state index contributed by atoms with van der Waals surface area (Å²) in [6, 6.07) is 8.34. The maximum Gasteiger partial charge on any atom is 0.293 e. The number of thioether (sulfide) groups is 1. The minimum absolute atomic E-state index is 0.0611. The first-order valence-corrected chi connectivity index (χ1v) is 8.91. The van der Waals surface area contributed by atoms with E-state index >= 15 is 0 Å². The van der Waals surface area contributed by atoms with Gasteiger partial charge in [-0.15, -0.1) is 0 Å². The van der Waals surface area contributed by atoms with Gasteiger partial charge in [-0.2, -0.15) is 0 Å². The fourth-order valence-corrected chi connectivity index (χ4v) is 3.33. The second-order valence-corrected chi connectivity index (χ2v) is 6.73. The topological polar surface area (TPSA) is 66.5 Å². The molecule has 0 spiro atoms. The van der Waals surface area contributed by atoms with Gasteiger partial charge in [-0.05, 0) is 36.0 Å². The van der Waals surface area contributed by atoms with Crippen molar-refractivity contribution in [3.8, 4) is 0 Å². The molecular weight excluding hydrogens is 393 g/mol. The number of nitrogens with zero attached hydrogens (tertiary/aromatic N) is 1. The van der Waals surface area contributed by atoms with Crippen LogP contribution in [0.5, 0.6) is 0 Å². The van der Waals surface area contributed by atoms with E-state index in [2.05, 4.69) is 5.32 Å². The van der Waals surface area contributed by atoms with Crippen molar-refractivity contribution in [1.82, 2.24) is 10.2 Å². The summed E-state index contributed by atoms with van der Waals surface area (Å²) >= 11 is 0.662. The lowest BCUT2D eigenvalue weighted by molar-refractivity contribution is -0.122. The van der Waals surface area contributed by atoms with Crippen LogP contribution < -0.4 is 5.32 Å². The van der Waals surface area contributed by atoms with Crippen LogP contribution in [0.4, 0.5) is 18.0 Å². The van der Waals surface area contributed by atoms with E-state index < -0.39 is 34.5 Å². The van der Waals surface area contributed by atoms with Crippen molar-refractivity contribution in [3.05, 3.63) is 75.9 Å². The molecule has 0 bridgehead atoms. The first-order chi connectivity index (χ1) is 13.4. The number of benzene rings is 2. The molecular formula is C19H13F3N2O3S. The third-order valence-corrected chi connectivity index (χ3v) is 4.77. The van der Waals surface area contributed by atoms with Crippen LogP contribution in [0.15, 0.2) is 47.4 Å². The molecule has 0 unspecified atom stereocenters. The highest BCUT2D eigenvalue weighted by Crippen LogP contribution is 2.32. The number of amides is 3. The third kappa shape index (κ3) is 4.25. The standard InChI is InChI=1S/C19H13F3N2O3S/c20-12-5-6-13(15(22)10-12)17(25)23-7-8-24-18(26)16(28-19(24)27)9-11-3-1-2-4-14(11)21/h1-6,9-10H,7-8H2,(H,23,25)/b16-9+. The minimum Gasteiger partial charge on any atom is -0.350 e. The largest absolute Gasteiger partial charge is 0.350 e. The average molecular weight is 406 g/mol. The Hall–Kier alpha value is -3.07. The van der Waals surface area contributed by atoms with E-state index in [1.165, 1.54) is 24.3 Å². The molecule has 1 N–H and O–H groups in total. The summed E-state index contributed by atoms with van der Waals surface area (Å²) in [7, 11) is 0. The Morgan fingerprint density at radius 1 is 1.07 bits per heavy atom. The third-order valence-electron chi connectivity index (χ3n) is 3.86. The van der Waals surface area contributed by atoms with Crippen LogP contribution in [0.25, 0.3) is 6.08 Å². The smallest absolute Gasteiger partial charge is 0.293 e. The predicted octanol–water partition coefficient (Wildman–Crippen LogP) is 3.57. The van der Waals surface area contributed by atoms with Gasteiger partial charge in [0.15, 0.2) is 0 Å². The molecule has 3 amide bonds. The number of hydrogen-bond donors (Lipinski definition) is 1. The highest BCUT2D eigenvalue weighted by Gasteiger charge is 2.34. The minimum atomic E-state index is -1.02. The lowest BCUT2D eigenvalue weighted by atomic mass is 10.2. The first-order valence-electron chi connectivity index (χ1n) is 8.10. The maximum atomic E-state index is 13.7. The molecule has 144 valence electrons. The Kier molecular flexibility index (Phi) is 5.84. The highest BCUT2D eigenvalue weighted by atomic mass is 32.2. The van der Waals surface area contributed by atoms with Gasteiger partial charge in [0.05, 0.1) is 10.5 Å². The summed E-state index contributed by atoms with van der Waals surface area (Å²) in [5, 5.41) is 1.80. The predicted molar refractivity (Wildman–Crippen MR) is 97.8 cm³/mol. The Morgan fingerprint density at radius 2 is 1.82 bits per heavy atom. The van der Waals surface area contributed by atoms with Gasteiger partial charge >= 0.3 is 0 Å². The van der Waals surface area contributed by atoms with Gasteiger partial charge in [-0.3, -0.25) is 19.3 Å². The summed E-state index contributed by atoms with van der Waals surface area (Å²) in [5.74, 6) is -3.76. The second kappa shape index (κ2) is 8.30. The number of nitrogens with one attached hydrogen (secondary N) is 1. The number of carbonyl (C=O) groups is 3. The molecule has 2 aromatic rings. The molecule has 1 aliphatic rings. The molecule has 1 heterocycles. The molecule has 2 aromatic carbocycles. The van der Waals surface area contributed by atoms with Crippen molar-refractivity contribution in [1.29, 1.82) is 0 Å². The molecule has 0 saturated carbocycles. The van der Waals surface area contributed by atoms with Crippen molar-refractivity contribution >= 4 is 34.9 Å². The maximum absolute atomic E-state index is 13.7. The quantitative estimate of drug-likeness (QED) is 0.771. The number of carbonyl (C=O) groups excluding carboxylic acids is 3. The molecule has 1 saturated heterocycles.